The van der Waals surface area contributed by atoms with Crippen LogP contribution < -0.4 is 14.8 Å². The van der Waals surface area contributed by atoms with E-state index in [-0.39, 0.29) is 24.9 Å². The first-order valence-corrected chi connectivity index (χ1v) is 8.09. The van der Waals surface area contributed by atoms with E-state index in [2.05, 4.69) is 5.32 Å². The molecule has 1 aromatic rings. The minimum Gasteiger partial charge on any atom is -0.497 e. The Morgan fingerprint density at radius 1 is 1.20 bits per heavy atom. The number of methoxy groups -OCH3 is 2. The van der Waals surface area contributed by atoms with Crippen molar-refractivity contribution in [3.8, 4) is 11.5 Å². The van der Waals surface area contributed by atoms with Gasteiger partial charge in [0.05, 0.1) is 46.2 Å². The van der Waals surface area contributed by atoms with Gasteiger partial charge in [-0.05, 0) is 19.2 Å². The number of rotatable bonds is 7. The Balaban J connectivity index is 1.87. The van der Waals surface area contributed by atoms with Crippen LogP contribution in [0.5, 0.6) is 11.5 Å². The van der Waals surface area contributed by atoms with Crippen LogP contribution in [0.15, 0.2) is 18.2 Å². The summed E-state index contributed by atoms with van der Waals surface area (Å²) in [5.74, 6) is 0.925. The smallest absolute Gasteiger partial charge is 0.238 e. The Morgan fingerprint density at radius 2 is 1.92 bits per heavy atom. The number of nitrogens with zero attached hydrogens (tertiary/aromatic N) is 2. The van der Waals surface area contributed by atoms with Crippen molar-refractivity contribution in [1.29, 1.82) is 0 Å². The first-order valence-electron chi connectivity index (χ1n) is 8.09. The summed E-state index contributed by atoms with van der Waals surface area (Å²) < 4.78 is 15.6. The number of hydrogen-bond donors (Lipinski definition) is 1. The Morgan fingerprint density at radius 3 is 2.56 bits per heavy atom. The molecule has 1 aromatic carbocycles. The SMILES string of the molecule is COc1ccc(OC)c(NC(=O)CN(C)CC(=O)N2CCOCC2)c1. The molecule has 8 heteroatoms. The maximum atomic E-state index is 12.3. The lowest BCUT2D eigenvalue weighted by Gasteiger charge is -2.28. The number of ether oxygens (including phenoxy) is 3. The van der Waals surface area contributed by atoms with Gasteiger partial charge in [-0.3, -0.25) is 14.5 Å². The molecule has 0 bridgehead atoms. The van der Waals surface area contributed by atoms with Gasteiger partial charge in [-0.2, -0.15) is 0 Å². The van der Waals surface area contributed by atoms with Crippen LogP contribution in [0.4, 0.5) is 5.69 Å². The van der Waals surface area contributed by atoms with Gasteiger partial charge in [-0.1, -0.05) is 0 Å². The van der Waals surface area contributed by atoms with Gasteiger partial charge in [-0.25, -0.2) is 0 Å². The molecule has 2 rings (SSSR count). The van der Waals surface area contributed by atoms with E-state index in [4.69, 9.17) is 14.2 Å². The van der Waals surface area contributed by atoms with Crippen molar-refractivity contribution < 1.29 is 23.8 Å². The number of anilines is 1. The fraction of sp³-hybridized carbons (Fsp3) is 0.529. The van der Waals surface area contributed by atoms with Gasteiger partial charge in [0.25, 0.3) is 0 Å². The summed E-state index contributed by atoms with van der Waals surface area (Å²) in [7, 11) is 4.82. The number of benzene rings is 1. The molecule has 0 spiro atoms. The minimum absolute atomic E-state index is 0.00226. The van der Waals surface area contributed by atoms with Crippen LogP contribution in [0.1, 0.15) is 0 Å². The highest BCUT2D eigenvalue weighted by atomic mass is 16.5. The van der Waals surface area contributed by atoms with E-state index in [0.29, 0.717) is 43.5 Å². The number of carbonyl (C=O) groups excluding carboxylic acids is 2. The topological polar surface area (TPSA) is 80.3 Å². The summed E-state index contributed by atoms with van der Waals surface area (Å²) in [4.78, 5) is 27.9. The Labute approximate surface area is 147 Å². The van der Waals surface area contributed by atoms with Gasteiger partial charge >= 0.3 is 0 Å². The zero-order chi connectivity index (χ0) is 18.2. The Hall–Kier alpha value is -2.32. The summed E-state index contributed by atoms with van der Waals surface area (Å²) in [5.41, 5.74) is 0.528. The lowest BCUT2D eigenvalue weighted by Crippen LogP contribution is -2.46. The van der Waals surface area contributed by atoms with Crippen LogP contribution in [-0.2, 0) is 14.3 Å². The molecule has 0 aromatic heterocycles. The molecule has 0 radical (unpaired) electrons. The number of amides is 2. The average Bonchev–Trinajstić information content (AvgIpc) is 2.62. The molecule has 25 heavy (non-hydrogen) atoms. The molecule has 1 aliphatic heterocycles. The van der Waals surface area contributed by atoms with Gasteiger partial charge in [0, 0.05) is 19.2 Å². The van der Waals surface area contributed by atoms with Crippen LogP contribution in [0.2, 0.25) is 0 Å². The largest absolute Gasteiger partial charge is 0.497 e. The molecule has 1 heterocycles. The standard InChI is InChI=1S/C17H25N3O5/c1-19(12-17(22)20-6-8-25-9-7-20)11-16(21)18-14-10-13(23-2)4-5-15(14)24-3/h4-5,10H,6-9,11-12H2,1-3H3,(H,18,21). The fourth-order valence-electron chi connectivity index (χ4n) is 2.55. The van der Waals surface area contributed by atoms with E-state index in [9.17, 15) is 9.59 Å². The zero-order valence-corrected chi connectivity index (χ0v) is 14.9. The molecule has 0 aliphatic carbocycles. The molecule has 0 unspecified atom stereocenters. The Bertz CT molecular complexity index is 602. The van der Waals surface area contributed by atoms with Crippen LogP contribution in [0, 0.1) is 0 Å². The summed E-state index contributed by atoms with van der Waals surface area (Å²) >= 11 is 0. The zero-order valence-electron chi connectivity index (χ0n) is 14.9. The highest BCUT2D eigenvalue weighted by molar-refractivity contribution is 5.94. The highest BCUT2D eigenvalue weighted by Gasteiger charge is 2.19. The Kier molecular flexibility index (Phi) is 7.03. The first kappa shape index (κ1) is 19.0. The second kappa shape index (κ2) is 9.24. The lowest BCUT2D eigenvalue weighted by atomic mass is 10.2. The monoisotopic (exact) mass is 351 g/mol. The molecule has 2 amide bonds. The van der Waals surface area contributed by atoms with E-state index >= 15 is 0 Å². The van der Waals surface area contributed by atoms with Crippen molar-refractivity contribution in [2.24, 2.45) is 0 Å². The van der Waals surface area contributed by atoms with E-state index in [1.165, 1.54) is 7.11 Å². The number of likely N-dealkylation sites (N-methyl/N-ethyl adjacent to an activating group) is 1. The fourth-order valence-corrected chi connectivity index (χ4v) is 2.55. The van der Waals surface area contributed by atoms with Crippen LogP contribution in [0.3, 0.4) is 0 Å². The normalized spacial score (nSPS) is 14.3. The molecule has 0 saturated carbocycles. The summed E-state index contributed by atoms with van der Waals surface area (Å²) in [6.45, 7) is 2.59. The van der Waals surface area contributed by atoms with Crippen molar-refractivity contribution >= 4 is 17.5 Å². The molecule has 1 saturated heterocycles. The summed E-state index contributed by atoms with van der Waals surface area (Å²) in [6.07, 6.45) is 0. The molecule has 8 nitrogen and oxygen atoms in total. The number of hydrogen-bond acceptors (Lipinski definition) is 6. The number of carbonyl (C=O) groups is 2. The lowest BCUT2D eigenvalue weighted by molar-refractivity contribution is -0.136. The van der Waals surface area contributed by atoms with Crippen molar-refractivity contribution in [3.63, 3.8) is 0 Å². The highest BCUT2D eigenvalue weighted by Crippen LogP contribution is 2.28. The summed E-state index contributed by atoms with van der Waals surface area (Å²) in [5, 5.41) is 2.79. The molecule has 1 N–H and O–H groups in total. The third-order valence-corrected chi connectivity index (χ3v) is 3.86. The van der Waals surface area contributed by atoms with E-state index in [0.717, 1.165) is 0 Å². The predicted molar refractivity (Wildman–Crippen MR) is 93.1 cm³/mol. The third kappa shape index (κ3) is 5.61. The molecule has 1 aliphatic rings. The van der Waals surface area contributed by atoms with Crippen LogP contribution in [0.25, 0.3) is 0 Å². The van der Waals surface area contributed by atoms with E-state index in [1.807, 2.05) is 0 Å². The molecule has 138 valence electrons. The van der Waals surface area contributed by atoms with Crippen molar-refractivity contribution in [3.05, 3.63) is 18.2 Å². The van der Waals surface area contributed by atoms with Gasteiger partial charge in [0.1, 0.15) is 11.5 Å². The number of morpholine rings is 1. The number of nitrogens with one attached hydrogen (secondary N) is 1. The third-order valence-electron chi connectivity index (χ3n) is 3.86. The van der Waals surface area contributed by atoms with Gasteiger partial charge in [-0.15, -0.1) is 0 Å². The van der Waals surface area contributed by atoms with E-state index in [1.54, 1.807) is 42.2 Å². The average molecular weight is 351 g/mol. The molecule has 0 atom stereocenters. The van der Waals surface area contributed by atoms with Gasteiger partial charge < -0.3 is 24.4 Å². The van der Waals surface area contributed by atoms with Crippen molar-refractivity contribution in [1.82, 2.24) is 9.80 Å². The first-order chi connectivity index (χ1) is 12.0. The summed E-state index contributed by atoms with van der Waals surface area (Å²) in [6, 6.07) is 5.16. The molecule has 1 fully saturated rings. The second-order valence-electron chi connectivity index (χ2n) is 5.78. The molecular weight excluding hydrogens is 326 g/mol. The van der Waals surface area contributed by atoms with Crippen LogP contribution in [-0.4, -0.2) is 82.3 Å². The maximum absolute atomic E-state index is 12.3. The maximum Gasteiger partial charge on any atom is 0.238 e. The van der Waals surface area contributed by atoms with Crippen LogP contribution >= 0.6 is 0 Å². The second-order valence-corrected chi connectivity index (χ2v) is 5.78. The predicted octanol–water partition coefficient (Wildman–Crippen LogP) is 0.433. The quantitative estimate of drug-likeness (QED) is 0.768. The van der Waals surface area contributed by atoms with Gasteiger partial charge in [0.2, 0.25) is 11.8 Å². The van der Waals surface area contributed by atoms with Crippen molar-refractivity contribution in [2.75, 3.05) is 66.0 Å². The van der Waals surface area contributed by atoms with E-state index < -0.39 is 0 Å². The molecular formula is C17H25N3O5. The van der Waals surface area contributed by atoms with Crippen molar-refractivity contribution in [2.45, 2.75) is 0 Å². The van der Waals surface area contributed by atoms with Gasteiger partial charge in [0.15, 0.2) is 0 Å². The minimum atomic E-state index is -0.233.